The van der Waals surface area contributed by atoms with Gasteiger partial charge in [-0.15, -0.1) is 10.2 Å². The number of rotatable bonds is 4. The minimum absolute atomic E-state index is 0.0870. The van der Waals surface area contributed by atoms with E-state index in [2.05, 4.69) is 27.6 Å². The molecule has 1 amide bonds. The molecule has 0 fully saturated rings. The number of ether oxygens (including phenoxy) is 1. The highest BCUT2D eigenvalue weighted by molar-refractivity contribution is 6.00. The van der Waals surface area contributed by atoms with Gasteiger partial charge in [0.05, 0.1) is 12.8 Å². The molecule has 1 aromatic heterocycles. The van der Waals surface area contributed by atoms with Crippen molar-refractivity contribution in [3.63, 3.8) is 0 Å². The number of methoxy groups -OCH3 is 1. The van der Waals surface area contributed by atoms with Crippen molar-refractivity contribution in [2.75, 3.05) is 7.11 Å². The summed E-state index contributed by atoms with van der Waals surface area (Å²) in [4.78, 5) is 12.9. The molecule has 2 aromatic carbocycles. The molecule has 0 spiro atoms. The molecule has 5 heteroatoms. The Morgan fingerprint density at radius 3 is 2.31 bits per heavy atom. The maximum absolute atomic E-state index is 12.9. The van der Waals surface area contributed by atoms with Gasteiger partial charge in [0.2, 0.25) is 5.88 Å². The highest BCUT2D eigenvalue weighted by Gasteiger charge is 2.24. The Bertz CT molecular complexity index is 913. The summed E-state index contributed by atoms with van der Waals surface area (Å²) >= 11 is 0. The van der Waals surface area contributed by atoms with Crippen molar-refractivity contribution < 1.29 is 9.53 Å². The Labute approximate surface area is 152 Å². The van der Waals surface area contributed by atoms with Gasteiger partial charge in [-0.3, -0.25) is 4.79 Å². The number of nitrogens with zero attached hydrogens (tertiary/aromatic N) is 2. The highest BCUT2D eigenvalue weighted by atomic mass is 16.5. The fourth-order valence-corrected chi connectivity index (χ4v) is 3.40. The fourth-order valence-electron chi connectivity index (χ4n) is 3.40. The maximum Gasteiger partial charge on any atom is 0.252 e. The lowest BCUT2D eigenvalue weighted by Crippen LogP contribution is -2.35. The summed E-state index contributed by atoms with van der Waals surface area (Å²) < 4.78 is 5.05. The summed E-state index contributed by atoms with van der Waals surface area (Å²) in [6.07, 6.45) is 1.73. The van der Waals surface area contributed by atoms with E-state index in [4.69, 9.17) is 4.74 Å². The second-order valence-electron chi connectivity index (χ2n) is 6.35. The molecule has 26 heavy (non-hydrogen) atoms. The average molecular weight is 345 g/mol. The molecule has 1 N–H and O–H groups in total. The van der Waals surface area contributed by atoms with Crippen molar-refractivity contribution >= 4 is 5.91 Å². The van der Waals surface area contributed by atoms with Crippen LogP contribution in [0.3, 0.4) is 0 Å². The third-order valence-corrected chi connectivity index (χ3v) is 4.68. The zero-order chi connectivity index (χ0) is 17.9. The number of fused-ring (bicyclic) bond motifs is 1. The van der Waals surface area contributed by atoms with Crippen LogP contribution < -0.4 is 10.1 Å². The molecule has 1 heterocycles. The first-order valence-corrected chi connectivity index (χ1v) is 8.59. The summed E-state index contributed by atoms with van der Waals surface area (Å²) in [7, 11) is 1.55. The summed E-state index contributed by atoms with van der Waals surface area (Å²) in [6.45, 7) is 0. The van der Waals surface area contributed by atoms with Crippen LogP contribution in [0.2, 0.25) is 0 Å². The SMILES string of the molecule is COc1ccc(-c2ccccc2C(=O)NC2Cc3ccccc3C2)nn1. The number of carbonyl (C=O) groups excluding carboxylic acids is 1. The number of nitrogens with one attached hydrogen (secondary N) is 1. The monoisotopic (exact) mass is 345 g/mol. The van der Waals surface area contributed by atoms with Crippen LogP contribution in [-0.4, -0.2) is 29.3 Å². The zero-order valence-electron chi connectivity index (χ0n) is 14.5. The molecule has 1 aliphatic rings. The molecule has 130 valence electrons. The molecule has 0 unspecified atom stereocenters. The lowest BCUT2D eigenvalue weighted by Gasteiger charge is -2.14. The van der Waals surface area contributed by atoms with Crippen molar-refractivity contribution in [1.82, 2.24) is 15.5 Å². The molecule has 3 aromatic rings. The molecule has 1 aliphatic carbocycles. The van der Waals surface area contributed by atoms with E-state index < -0.39 is 0 Å². The van der Waals surface area contributed by atoms with Crippen LogP contribution in [0.5, 0.6) is 5.88 Å². The van der Waals surface area contributed by atoms with E-state index in [0.717, 1.165) is 18.4 Å². The quantitative estimate of drug-likeness (QED) is 0.789. The van der Waals surface area contributed by atoms with Gasteiger partial charge in [-0.25, -0.2) is 0 Å². The topological polar surface area (TPSA) is 64.1 Å². The Morgan fingerprint density at radius 1 is 0.962 bits per heavy atom. The van der Waals surface area contributed by atoms with Gasteiger partial charge in [0, 0.05) is 23.2 Å². The Kier molecular flexibility index (Phi) is 4.35. The molecular formula is C21H19N3O2. The van der Waals surface area contributed by atoms with E-state index in [-0.39, 0.29) is 11.9 Å². The molecule has 0 saturated heterocycles. The number of hydrogen-bond acceptors (Lipinski definition) is 4. The number of amides is 1. The highest BCUT2D eigenvalue weighted by Crippen LogP contribution is 2.25. The van der Waals surface area contributed by atoms with E-state index in [9.17, 15) is 4.79 Å². The van der Waals surface area contributed by atoms with Gasteiger partial charge >= 0.3 is 0 Å². The molecule has 5 nitrogen and oxygen atoms in total. The zero-order valence-corrected chi connectivity index (χ0v) is 14.5. The lowest BCUT2D eigenvalue weighted by molar-refractivity contribution is 0.0939. The van der Waals surface area contributed by atoms with Crippen LogP contribution in [0.15, 0.2) is 60.7 Å². The van der Waals surface area contributed by atoms with Crippen molar-refractivity contribution in [2.24, 2.45) is 0 Å². The van der Waals surface area contributed by atoms with Gasteiger partial charge in [0.25, 0.3) is 5.91 Å². The van der Waals surface area contributed by atoms with Crippen LogP contribution in [0.1, 0.15) is 21.5 Å². The smallest absolute Gasteiger partial charge is 0.252 e. The molecule has 0 atom stereocenters. The summed E-state index contributed by atoms with van der Waals surface area (Å²) in [6, 6.07) is 19.5. The van der Waals surface area contributed by atoms with Crippen LogP contribution in [0.25, 0.3) is 11.3 Å². The van der Waals surface area contributed by atoms with Crippen LogP contribution in [-0.2, 0) is 12.8 Å². The number of carbonyl (C=O) groups is 1. The van der Waals surface area contributed by atoms with Crippen molar-refractivity contribution in [1.29, 1.82) is 0 Å². The predicted octanol–water partition coefficient (Wildman–Crippen LogP) is 3.05. The second-order valence-corrected chi connectivity index (χ2v) is 6.35. The van der Waals surface area contributed by atoms with Crippen LogP contribution in [0.4, 0.5) is 0 Å². The van der Waals surface area contributed by atoms with E-state index in [0.29, 0.717) is 17.1 Å². The average Bonchev–Trinajstić information content (AvgIpc) is 3.10. The third-order valence-electron chi connectivity index (χ3n) is 4.68. The van der Waals surface area contributed by atoms with Crippen molar-refractivity contribution in [3.8, 4) is 17.1 Å². The van der Waals surface area contributed by atoms with Crippen molar-refractivity contribution in [2.45, 2.75) is 18.9 Å². The van der Waals surface area contributed by atoms with Crippen molar-refractivity contribution in [3.05, 3.63) is 77.4 Å². The lowest BCUT2D eigenvalue weighted by atomic mass is 10.0. The largest absolute Gasteiger partial charge is 0.480 e. The summed E-state index contributed by atoms with van der Waals surface area (Å²) in [5.41, 5.74) is 4.63. The standard InChI is InChI=1S/C21H19N3O2/c1-26-20-11-10-19(23-24-20)17-8-4-5-9-18(17)21(25)22-16-12-14-6-2-3-7-15(14)13-16/h2-11,16H,12-13H2,1H3,(H,22,25). The predicted molar refractivity (Wildman–Crippen MR) is 99.1 cm³/mol. The fraction of sp³-hybridized carbons (Fsp3) is 0.190. The van der Waals surface area contributed by atoms with Crippen LogP contribution >= 0.6 is 0 Å². The normalized spacial score (nSPS) is 13.3. The van der Waals surface area contributed by atoms with Gasteiger partial charge in [-0.05, 0) is 36.1 Å². The Morgan fingerprint density at radius 2 is 1.65 bits per heavy atom. The van der Waals surface area contributed by atoms with E-state index in [1.54, 1.807) is 13.2 Å². The summed E-state index contributed by atoms with van der Waals surface area (Å²) in [5, 5.41) is 11.3. The minimum Gasteiger partial charge on any atom is -0.480 e. The van der Waals surface area contributed by atoms with Gasteiger partial charge in [-0.1, -0.05) is 42.5 Å². The Hall–Kier alpha value is -3.21. The minimum atomic E-state index is -0.0870. The Balaban J connectivity index is 1.55. The van der Waals surface area contributed by atoms with E-state index in [1.807, 2.05) is 42.5 Å². The molecule has 0 bridgehead atoms. The number of hydrogen-bond donors (Lipinski definition) is 1. The second kappa shape index (κ2) is 6.96. The first-order valence-electron chi connectivity index (χ1n) is 8.59. The van der Waals surface area contributed by atoms with Gasteiger partial charge in [0.1, 0.15) is 0 Å². The molecule has 0 radical (unpaired) electrons. The van der Waals surface area contributed by atoms with E-state index >= 15 is 0 Å². The maximum atomic E-state index is 12.9. The van der Waals surface area contributed by atoms with Gasteiger partial charge in [-0.2, -0.15) is 0 Å². The van der Waals surface area contributed by atoms with Crippen LogP contribution in [0, 0.1) is 0 Å². The molecule has 0 saturated carbocycles. The third kappa shape index (κ3) is 3.16. The van der Waals surface area contributed by atoms with Gasteiger partial charge in [0.15, 0.2) is 0 Å². The first-order chi connectivity index (χ1) is 12.7. The summed E-state index contributed by atoms with van der Waals surface area (Å²) in [5.74, 6) is 0.357. The molecule has 0 aliphatic heterocycles. The molecule has 4 rings (SSSR count). The van der Waals surface area contributed by atoms with E-state index in [1.165, 1.54) is 11.1 Å². The van der Waals surface area contributed by atoms with Gasteiger partial charge < -0.3 is 10.1 Å². The number of aromatic nitrogens is 2. The molecular weight excluding hydrogens is 326 g/mol. The number of benzene rings is 2. The first kappa shape index (κ1) is 16.3.